The fourth-order valence-corrected chi connectivity index (χ4v) is 13.2. The van der Waals surface area contributed by atoms with Crippen molar-refractivity contribution in [3.05, 3.63) is 156 Å². The number of anilines is 2. The molecule has 4 aliphatic carbocycles. The van der Waals surface area contributed by atoms with Gasteiger partial charge in [0.05, 0.1) is 16.9 Å². The molecule has 4 heterocycles. The Kier molecular flexibility index (Phi) is 9.16. The number of Topliss-reactive ketones (excluding diaryl/α,β-unsaturated/α-hetero) is 2. The Morgan fingerprint density at radius 3 is 1.87 bits per heavy atom. The van der Waals surface area contributed by atoms with E-state index in [2.05, 4.69) is 27.5 Å². The molecule has 2 amide bonds. The molecule has 2 aliphatic heterocycles. The molecule has 0 bridgehead atoms. The van der Waals surface area contributed by atoms with Gasteiger partial charge in [-0.2, -0.15) is 0 Å². The summed E-state index contributed by atoms with van der Waals surface area (Å²) < 4.78 is 42.4. The molecule has 19 heteroatoms. The molecule has 0 spiro atoms. The van der Waals surface area contributed by atoms with E-state index in [0.717, 1.165) is 24.8 Å². The molecule has 18 nitrogen and oxygen atoms in total. The number of rotatable bonds is 11. The smallest absolute Gasteiger partial charge is 0.326 e. The standard InChI is InChI=1S/C52H49N7O11S/c1-23-19-30(23)28-14-16-32-38(22-28)70-51(65)33-7-5-9-35(53)40(33)44(60)49(32,51)57-46(62)42-24(2)20-39(55-42)71(67,68)18-17-29(26-11-12-26)27-13-15-31-37(21-27)69-52(66)34-8-6-10-36(54)41(34)45(61)50(31,52)58-47(63)43-25(3)59(4)48(64)56-43/h5-10,13-16,20-23,26,29-30,55,65-66H,11-12,17-19,53-54H2,1-4H3,(H,56,64)(H,57,62)(H,58,63)/t23-,29?,30+,49?,50-,51?,52-/m1/s1. The third-order valence-electron chi connectivity index (χ3n) is 16.0. The molecular weight excluding hydrogens is 931 g/mol. The van der Waals surface area contributed by atoms with Crippen LogP contribution in [0.2, 0.25) is 0 Å². The number of amides is 2. The lowest BCUT2D eigenvalue weighted by atomic mass is 9.81. The predicted octanol–water partition coefficient (Wildman–Crippen LogP) is 4.42. The summed E-state index contributed by atoms with van der Waals surface area (Å²) in [5.74, 6) is -7.46. The third kappa shape index (κ3) is 5.87. The zero-order chi connectivity index (χ0) is 50.1. The second-order valence-corrected chi connectivity index (χ2v) is 22.2. The number of nitrogens with one attached hydrogen (secondary N) is 4. The first-order valence-corrected chi connectivity index (χ1v) is 25.1. The number of aliphatic hydroxyl groups is 2. The van der Waals surface area contributed by atoms with Crippen molar-refractivity contribution in [3.63, 3.8) is 0 Å². The zero-order valence-electron chi connectivity index (χ0n) is 38.9. The average Bonchev–Trinajstić information content (AvgIpc) is 4.16. The van der Waals surface area contributed by atoms with Gasteiger partial charge in [0.1, 0.15) is 27.9 Å². The lowest BCUT2D eigenvalue weighted by Gasteiger charge is -2.34. The number of carbonyl (C=O) groups excluding carboxylic acids is 4. The zero-order valence-corrected chi connectivity index (χ0v) is 39.7. The number of ether oxygens (including phenoxy) is 2. The van der Waals surface area contributed by atoms with E-state index in [-0.39, 0.29) is 108 Å². The van der Waals surface area contributed by atoms with E-state index in [0.29, 0.717) is 17.4 Å². The SMILES string of the molecule is Cc1cc(S(=O)(=O)CCC(c2ccc3c(c2)O[C@]2(O)c4cccc(N)c4C(=O)[C@]32NC(=O)c2[nH]c(=O)n(C)c2C)C2CC2)[nH]c1C(=O)NC12C(=O)c3c(N)cccc3C1(O)Oc1cc([C@H]3C[C@H]3C)ccc12. The van der Waals surface area contributed by atoms with E-state index in [4.69, 9.17) is 20.9 Å². The van der Waals surface area contributed by atoms with Crippen molar-refractivity contribution in [3.8, 4) is 11.5 Å². The molecule has 71 heavy (non-hydrogen) atoms. The molecule has 364 valence electrons. The van der Waals surface area contributed by atoms with E-state index in [9.17, 15) is 42.6 Å². The number of carbonyl (C=O) groups is 4. The van der Waals surface area contributed by atoms with Gasteiger partial charge >= 0.3 is 5.69 Å². The van der Waals surface area contributed by atoms with Crippen LogP contribution < -0.4 is 37.3 Å². The number of aryl methyl sites for hydroxylation is 1. The summed E-state index contributed by atoms with van der Waals surface area (Å²) in [6.07, 6.45) is 2.75. The Balaban J connectivity index is 0.832. The van der Waals surface area contributed by atoms with Crippen LogP contribution in [-0.2, 0) is 39.5 Å². The summed E-state index contributed by atoms with van der Waals surface area (Å²) in [5, 5.41) is 30.4. The Morgan fingerprint density at radius 1 is 0.789 bits per heavy atom. The molecule has 2 saturated carbocycles. The average molecular weight is 980 g/mol. The minimum absolute atomic E-state index is 0.0123. The number of nitrogen functional groups attached to an aromatic ring is 2. The van der Waals surface area contributed by atoms with Crippen LogP contribution in [-0.4, -0.2) is 62.3 Å². The highest BCUT2D eigenvalue weighted by Gasteiger charge is 2.74. The summed E-state index contributed by atoms with van der Waals surface area (Å²) in [4.78, 5) is 75.6. The maximum Gasteiger partial charge on any atom is 0.326 e. The monoisotopic (exact) mass is 979 g/mol. The van der Waals surface area contributed by atoms with Crippen LogP contribution in [0.3, 0.4) is 0 Å². The number of benzene rings is 4. The summed E-state index contributed by atoms with van der Waals surface area (Å²) >= 11 is 0. The number of fused-ring (bicyclic) bond motifs is 10. The van der Waals surface area contributed by atoms with Gasteiger partial charge in [-0.05, 0) is 110 Å². The number of imidazole rings is 1. The van der Waals surface area contributed by atoms with E-state index >= 15 is 0 Å². The van der Waals surface area contributed by atoms with Crippen LogP contribution in [0, 0.1) is 25.7 Å². The van der Waals surface area contributed by atoms with Gasteiger partial charge in [-0.25, -0.2) is 13.2 Å². The summed E-state index contributed by atoms with van der Waals surface area (Å²) in [6, 6.07) is 20.8. The molecule has 7 atom stereocenters. The van der Waals surface area contributed by atoms with Gasteiger partial charge < -0.3 is 51.8 Å². The van der Waals surface area contributed by atoms with Crippen LogP contribution >= 0.6 is 0 Å². The third-order valence-corrected chi connectivity index (χ3v) is 17.7. The number of nitrogens with zero attached hydrogens (tertiary/aromatic N) is 1. The number of sulfone groups is 1. The molecule has 3 unspecified atom stereocenters. The number of hydrogen-bond acceptors (Lipinski definition) is 13. The normalized spacial score (nSPS) is 26.6. The first-order valence-electron chi connectivity index (χ1n) is 23.5. The van der Waals surface area contributed by atoms with E-state index in [1.54, 1.807) is 56.3 Å². The predicted molar refractivity (Wildman–Crippen MR) is 256 cm³/mol. The fraction of sp³-hybridized carbons (Fsp3) is 0.327. The summed E-state index contributed by atoms with van der Waals surface area (Å²) in [7, 11) is -2.63. The molecular formula is C52H49N7O11S. The minimum Gasteiger partial charge on any atom is -0.454 e. The van der Waals surface area contributed by atoms with Gasteiger partial charge in [0.15, 0.2) is 9.84 Å². The molecule has 10 N–H and O–H groups in total. The lowest BCUT2D eigenvalue weighted by molar-refractivity contribution is -0.169. The van der Waals surface area contributed by atoms with Crippen molar-refractivity contribution >= 4 is 44.6 Å². The highest BCUT2D eigenvalue weighted by molar-refractivity contribution is 7.91. The Bertz CT molecular complexity index is 3610. The number of aromatic nitrogens is 3. The fourth-order valence-electron chi connectivity index (χ4n) is 11.8. The topological polar surface area (TPSA) is 291 Å². The van der Waals surface area contributed by atoms with Gasteiger partial charge in [0, 0.05) is 46.4 Å². The van der Waals surface area contributed by atoms with Gasteiger partial charge in [-0.1, -0.05) is 55.5 Å². The molecule has 12 rings (SSSR count). The van der Waals surface area contributed by atoms with Gasteiger partial charge in [0.2, 0.25) is 22.6 Å². The molecule has 0 radical (unpaired) electrons. The summed E-state index contributed by atoms with van der Waals surface area (Å²) in [6.45, 7) is 5.25. The highest BCUT2D eigenvalue weighted by atomic mass is 32.2. The number of H-pyrrole nitrogens is 2. The first kappa shape index (κ1) is 44.7. The van der Waals surface area contributed by atoms with Crippen molar-refractivity contribution in [1.29, 1.82) is 0 Å². The van der Waals surface area contributed by atoms with E-state index in [1.807, 2.05) is 6.07 Å². The van der Waals surface area contributed by atoms with E-state index < -0.39 is 61.6 Å². The molecule has 6 aromatic rings. The van der Waals surface area contributed by atoms with Gasteiger partial charge in [-0.15, -0.1) is 0 Å². The van der Waals surface area contributed by atoms with Crippen LogP contribution in [0.25, 0.3) is 0 Å². The largest absolute Gasteiger partial charge is 0.454 e. The van der Waals surface area contributed by atoms with E-state index in [1.165, 1.54) is 41.9 Å². The highest BCUT2D eigenvalue weighted by Crippen LogP contribution is 2.62. The van der Waals surface area contributed by atoms with Gasteiger partial charge in [0.25, 0.3) is 23.4 Å². The van der Waals surface area contributed by atoms with Gasteiger partial charge in [-0.3, -0.25) is 23.7 Å². The molecule has 4 aromatic carbocycles. The van der Waals surface area contributed by atoms with Crippen molar-refractivity contribution in [2.45, 2.75) is 86.0 Å². The van der Waals surface area contributed by atoms with Crippen molar-refractivity contribution in [2.75, 3.05) is 17.2 Å². The molecule has 0 saturated heterocycles. The Labute approximate surface area is 405 Å². The molecule has 2 fully saturated rings. The van der Waals surface area contributed by atoms with Crippen LogP contribution in [0.1, 0.15) is 131 Å². The maximum atomic E-state index is 14.6. The summed E-state index contributed by atoms with van der Waals surface area (Å²) in [5.41, 5.74) is 10.3. The maximum absolute atomic E-state index is 14.6. The second kappa shape index (κ2) is 14.6. The quantitative estimate of drug-likeness (QED) is 0.0836. The lowest BCUT2D eigenvalue weighted by Crippen LogP contribution is -2.60. The number of aromatic amines is 2. The Morgan fingerprint density at radius 2 is 1.34 bits per heavy atom. The number of hydrogen-bond donors (Lipinski definition) is 8. The number of ketones is 2. The Hall–Kier alpha value is -7.48. The van der Waals surface area contributed by atoms with Crippen LogP contribution in [0.4, 0.5) is 11.4 Å². The molecule has 2 aromatic heterocycles. The minimum atomic E-state index is -4.11. The van der Waals surface area contributed by atoms with Crippen molar-refractivity contribution in [2.24, 2.45) is 18.9 Å². The second-order valence-electron chi connectivity index (χ2n) is 20.1. The first-order chi connectivity index (χ1) is 33.7. The van der Waals surface area contributed by atoms with Crippen molar-refractivity contribution in [1.82, 2.24) is 25.2 Å². The van der Waals surface area contributed by atoms with Crippen molar-refractivity contribution < 1.29 is 47.3 Å². The van der Waals surface area contributed by atoms with Crippen LogP contribution in [0.15, 0.2) is 88.7 Å². The van der Waals surface area contributed by atoms with Crippen LogP contribution in [0.5, 0.6) is 11.5 Å². The molecule has 6 aliphatic rings. The number of nitrogens with two attached hydrogens (primary N) is 2.